The first-order chi connectivity index (χ1) is 8.93. The SMILES string of the molecule is COc1ccc(CN(C)CCC(C)C)cc1B(O)O. The quantitative estimate of drug-likeness (QED) is 0.718. The second-order valence-electron chi connectivity index (χ2n) is 5.37. The number of hydrogen-bond donors (Lipinski definition) is 2. The van der Waals surface area contributed by atoms with Crippen LogP contribution in [0, 0.1) is 5.92 Å². The number of rotatable bonds is 7. The van der Waals surface area contributed by atoms with Crippen molar-refractivity contribution >= 4 is 12.6 Å². The molecule has 0 unspecified atom stereocenters. The molecule has 2 N–H and O–H groups in total. The molecule has 0 heterocycles. The molecular weight excluding hydrogens is 241 g/mol. The lowest BCUT2D eigenvalue weighted by molar-refractivity contribution is 0.303. The standard InChI is InChI=1S/C14H24BNO3/c1-11(2)7-8-16(3)10-12-5-6-14(19-4)13(9-12)15(17)18/h5-6,9,11,17-18H,7-8,10H2,1-4H3. The maximum absolute atomic E-state index is 9.33. The number of nitrogens with zero attached hydrogens (tertiary/aromatic N) is 1. The summed E-state index contributed by atoms with van der Waals surface area (Å²) in [5.41, 5.74) is 1.47. The summed E-state index contributed by atoms with van der Waals surface area (Å²) in [6.45, 7) is 6.24. The number of hydrogen-bond acceptors (Lipinski definition) is 4. The fourth-order valence-electron chi connectivity index (χ4n) is 1.95. The van der Waals surface area contributed by atoms with E-state index in [-0.39, 0.29) is 0 Å². The van der Waals surface area contributed by atoms with Crippen LogP contribution in [0.5, 0.6) is 5.75 Å². The van der Waals surface area contributed by atoms with Gasteiger partial charge < -0.3 is 19.7 Å². The van der Waals surface area contributed by atoms with Gasteiger partial charge in [-0.2, -0.15) is 0 Å². The van der Waals surface area contributed by atoms with Gasteiger partial charge in [0.1, 0.15) is 5.75 Å². The lowest BCUT2D eigenvalue weighted by atomic mass is 9.78. The van der Waals surface area contributed by atoms with Crippen molar-refractivity contribution in [3.05, 3.63) is 23.8 Å². The third-order valence-electron chi connectivity index (χ3n) is 3.11. The maximum atomic E-state index is 9.33. The molecule has 0 aliphatic heterocycles. The molecular formula is C14H24BNO3. The van der Waals surface area contributed by atoms with Crippen molar-refractivity contribution in [3.63, 3.8) is 0 Å². The molecule has 0 aliphatic rings. The summed E-state index contributed by atoms with van der Waals surface area (Å²) in [5.74, 6) is 1.19. The minimum Gasteiger partial charge on any atom is -0.497 e. The zero-order valence-corrected chi connectivity index (χ0v) is 12.3. The Balaban J connectivity index is 2.71. The van der Waals surface area contributed by atoms with E-state index in [4.69, 9.17) is 4.74 Å². The average molecular weight is 265 g/mol. The summed E-state index contributed by atoms with van der Waals surface area (Å²) >= 11 is 0. The molecule has 1 rings (SSSR count). The summed E-state index contributed by atoms with van der Waals surface area (Å²) in [6, 6.07) is 5.52. The summed E-state index contributed by atoms with van der Waals surface area (Å²) in [5, 5.41) is 18.7. The zero-order chi connectivity index (χ0) is 14.4. The fraction of sp³-hybridized carbons (Fsp3) is 0.571. The number of benzene rings is 1. The van der Waals surface area contributed by atoms with Gasteiger partial charge in [-0.15, -0.1) is 0 Å². The van der Waals surface area contributed by atoms with Crippen LogP contribution in [0.25, 0.3) is 0 Å². The van der Waals surface area contributed by atoms with Gasteiger partial charge in [0.25, 0.3) is 0 Å². The van der Waals surface area contributed by atoms with Crippen LogP contribution in [-0.4, -0.2) is 42.8 Å². The van der Waals surface area contributed by atoms with E-state index in [2.05, 4.69) is 25.8 Å². The predicted molar refractivity (Wildman–Crippen MR) is 78.6 cm³/mol. The van der Waals surface area contributed by atoms with Gasteiger partial charge in [-0.25, -0.2) is 0 Å². The fourth-order valence-corrected chi connectivity index (χ4v) is 1.95. The van der Waals surface area contributed by atoms with E-state index in [0.29, 0.717) is 17.1 Å². The third-order valence-corrected chi connectivity index (χ3v) is 3.11. The van der Waals surface area contributed by atoms with E-state index in [9.17, 15) is 10.0 Å². The lowest BCUT2D eigenvalue weighted by Crippen LogP contribution is -2.32. The van der Waals surface area contributed by atoms with Crippen LogP contribution < -0.4 is 10.2 Å². The summed E-state index contributed by atoms with van der Waals surface area (Å²) in [7, 11) is 2.09. The molecule has 1 aromatic rings. The molecule has 0 fully saturated rings. The van der Waals surface area contributed by atoms with Crippen molar-refractivity contribution in [2.45, 2.75) is 26.8 Å². The van der Waals surface area contributed by atoms with Gasteiger partial charge in [0.15, 0.2) is 0 Å². The van der Waals surface area contributed by atoms with E-state index in [1.54, 1.807) is 12.1 Å². The molecule has 0 aliphatic carbocycles. The Morgan fingerprint density at radius 3 is 2.53 bits per heavy atom. The van der Waals surface area contributed by atoms with Crippen molar-refractivity contribution in [2.24, 2.45) is 5.92 Å². The van der Waals surface area contributed by atoms with Crippen molar-refractivity contribution in [2.75, 3.05) is 20.7 Å². The lowest BCUT2D eigenvalue weighted by Gasteiger charge is -2.19. The molecule has 0 atom stereocenters. The first-order valence-corrected chi connectivity index (χ1v) is 6.65. The summed E-state index contributed by atoms with van der Waals surface area (Å²) < 4.78 is 5.11. The highest BCUT2D eigenvalue weighted by Gasteiger charge is 2.17. The molecule has 0 bridgehead atoms. The van der Waals surface area contributed by atoms with Crippen molar-refractivity contribution in [1.82, 2.24) is 4.90 Å². The van der Waals surface area contributed by atoms with Gasteiger partial charge in [0, 0.05) is 12.0 Å². The van der Waals surface area contributed by atoms with E-state index >= 15 is 0 Å². The van der Waals surface area contributed by atoms with Crippen LogP contribution in [0.2, 0.25) is 0 Å². The Kier molecular flexibility index (Phi) is 6.35. The van der Waals surface area contributed by atoms with Gasteiger partial charge in [-0.3, -0.25) is 0 Å². The van der Waals surface area contributed by atoms with Gasteiger partial charge in [-0.1, -0.05) is 26.0 Å². The smallest absolute Gasteiger partial charge is 0.492 e. The molecule has 4 nitrogen and oxygen atoms in total. The maximum Gasteiger partial charge on any atom is 0.492 e. The second kappa shape index (κ2) is 7.53. The van der Waals surface area contributed by atoms with Crippen LogP contribution >= 0.6 is 0 Å². The highest BCUT2D eigenvalue weighted by Crippen LogP contribution is 2.12. The van der Waals surface area contributed by atoms with Gasteiger partial charge in [0.05, 0.1) is 7.11 Å². The van der Waals surface area contributed by atoms with E-state index in [1.807, 2.05) is 6.07 Å². The van der Waals surface area contributed by atoms with E-state index in [1.165, 1.54) is 7.11 Å². The Hall–Kier alpha value is -1.04. The summed E-state index contributed by atoms with van der Waals surface area (Å²) in [4.78, 5) is 2.23. The first-order valence-electron chi connectivity index (χ1n) is 6.65. The monoisotopic (exact) mass is 265 g/mol. The molecule has 19 heavy (non-hydrogen) atoms. The molecule has 0 amide bonds. The van der Waals surface area contributed by atoms with Crippen LogP contribution in [-0.2, 0) is 6.54 Å². The highest BCUT2D eigenvalue weighted by molar-refractivity contribution is 6.59. The topological polar surface area (TPSA) is 52.9 Å². The minimum atomic E-state index is -1.50. The summed E-state index contributed by atoms with van der Waals surface area (Å²) in [6.07, 6.45) is 1.15. The molecule has 0 saturated carbocycles. The molecule has 1 aromatic carbocycles. The molecule has 106 valence electrons. The second-order valence-corrected chi connectivity index (χ2v) is 5.37. The van der Waals surface area contributed by atoms with Gasteiger partial charge in [-0.05, 0) is 37.6 Å². The molecule has 0 spiro atoms. The van der Waals surface area contributed by atoms with Crippen LogP contribution in [0.4, 0.5) is 0 Å². The van der Waals surface area contributed by atoms with E-state index in [0.717, 1.165) is 25.1 Å². The van der Waals surface area contributed by atoms with Crippen LogP contribution in [0.3, 0.4) is 0 Å². The average Bonchev–Trinajstić information content (AvgIpc) is 2.36. The van der Waals surface area contributed by atoms with Gasteiger partial charge >= 0.3 is 7.12 Å². The molecule has 0 radical (unpaired) electrons. The first kappa shape index (κ1) is 16.0. The number of methoxy groups -OCH3 is 1. The molecule has 0 saturated heterocycles. The van der Waals surface area contributed by atoms with E-state index < -0.39 is 7.12 Å². The zero-order valence-electron chi connectivity index (χ0n) is 12.3. The largest absolute Gasteiger partial charge is 0.497 e. The third kappa shape index (κ3) is 5.23. The number of ether oxygens (including phenoxy) is 1. The normalized spacial score (nSPS) is 11.2. The Bertz CT molecular complexity index is 396. The van der Waals surface area contributed by atoms with Crippen LogP contribution in [0.15, 0.2) is 18.2 Å². The van der Waals surface area contributed by atoms with Crippen molar-refractivity contribution in [3.8, 4) is 5.75 Å². The van der Waals surface area contributed by atoms with Crippen molar-refractivity contribution in [1.29, 1.82) is 0 Å². The minimum absolute atomic E-state index is 0.414. The molecule has 5 heteroatoms. The van der Waals surface area contributed by atoms with Crippen LogP contribution in [0.1, 0.15) is 25.8 Å². The Morgan fingerprint density at radius 2 is 2.00 bits per heavy atom. The Labute approximate surface area is 116 Å². The highest BCUT2D eigenvalue weighted by atomic mass is 16.5. The molecule has 0 aromatic heterocycles. The Morgan fingerprint density at radius 1 is 1.32 bits per heavy atom. The van der Waals surface area contributed by atoms with Crippen molar-refractivity contribution < 1.29 is 14.8 Å². The predicted octanol–water partition coefficient (Wildman–Crippen LogP) is 0.853. The van der Waals surface area contributed by atoms with Gasteiger partial charge in [0.2, 0.25) is 0 Å².